The van der Waals surface area contributed by atoms with E-state index in [4.69, 9.17) is 5.84 Å². The van der Waals surface area contributed by atoms with Gasteiger partial charge in [-0.05, 0) is 30.7 Å². The van der Waals surface area contributed by atoms with Crippen LogP contribution in [0.2, 0.25) is 0 Å². The summed E-state index contributed by atoms with van der Waals surface area (Å²) in [5, 5.41) is 0.684. The van der Waals surface area contributed by atoms with Crippen molar-refractivity contribution in [3.63, 3.8) is 0 Å². The molecule has 20 heavy (non-hydrogen) atoms. The first-order chi connectivity index (χ1) is 9.60. The number of carbonyl (C=O) groups is 1. The first-order valence-electron chi connectivity index (χ1n) is 6.59. The number of fused-ring (bicyclic) bond motifs is 3. The molecule has 106 valence electrons. The fourth-order valence-electron chi connectivity index (χ4n) is 2.68. The Balaban J connectivity index is 2.13. The normalized spacial score (nSPS) is 18.0. The van der Waals surface area contributed by atoms with Gasteiger partial charge in [0.15, 0.2) is 0 Å². The van der Waals surface area contributed by atoms with Gasteiger partial charge in [-0.3, -0.25) is 19.6 Å². The summed E-state index contributed by atoms with van der Waals surface area (Å²) in [6.45, 7) is 2.13. The number of hydrogen-bond donors (Lipinski definition) is 2. The molecule has 0 fully saturated rings. The van der Waals surface area contributed by atoms with E-state index >= 15 is 0 Å². The molecule has 6 nitrogen and oxygen atoms in total. The molecule has 0 aromatic carbocycles. The van der Waals surface area contributed by atoms with E-state index in [1.54, 1.807) is 11.3 Å². The van der Waals surface area contributed by atoms with Gasteiger partial charge in [-0.15, -0.1) is 11.3 Å². The zero-order valence-corrected chi connectivity index (χ0v) is 12.0. The number of nitrogens with two attached hydrogens (primary N) is 1. The summed E-state index contributed by atoms with van der Waals surface area (Å²) in [6.07, 6.45) is 4.45. The number of nitrogens with one attached hydrogen (secondary N) is 1. The molecule has 1 unspecified atom stereocenters. The van der Waals surface area contributed by atoms with Crippen molar-refractivity contribution in [1.29, 1.82) is 0 Å². The summed E-state index contributed by atoms with van der Waals surface area (Å²) >= 11 is 1.60. The molecule has 1 aliphatic carbocycles. The summed E-state index contributed by atoms with van der Waals surface area (Å²) in [7, 11) is 0. The van der Waals surface area contributed by atoms with Crippen LogP contribution in [0.3, 0.4) is 0 Å². The Hall–Kier alpha value is -1.73. The summed E-state index contributed by atoms with van der Waals surface area (Å²) in [6, 6.07) is 0. The number of rotatable bonds is 2. The minimum Gasteiger partial charge on any atom is -0.293 e. The van der Waals surface area contributed by atoms with Gasteiger partial charge in [0.25, 0.3) is 11.5 Å². The minimum absolute atomic E-state index is 0.0979. The molecule has 0 saturated heterocycles. The maximum Gasteiger partial charge on any atom is 0.262 e. The molecule has 3 N–H and O–H groups in total. The second-order valence-corrected chi connectivity index (χ2v) is 6.36. The molecule has 1 amide bonds. The van der Waals surface area contributed by atoms with Gasteiger partial charge in [-0.2, -0.15) is 0 Å². The van der Waals surface area contributed by atoms with Crippen molar-refractivity contribution in [1.82, 2.24) is 15.0 Å². The number of aryl methyl sites for hydroxylation is 1. The van der Waals surface area contributed by atoms with Crippen molar-refractivity contribution < 1.29 is 4.79 Å². The molecule has 2 heterocycles. The summed E-state index contributed by atoms with van der Waals surface area (Å²) in [5.74, 6) is 5.30. The van der Waals surface area contributed by atoms with Gasteiger partial charge in [-0.25, -0.2) is 10.8 Å². The van der Waals surface area contributed by atoms with Gasteiger partial charge in [0.05, 0.1) is 11.7 Å². The molecule has 2 aromatic rings. The lowest BCUT2D eigenvalue weighted by molar-refractivity contribution is -0.121. The fraction of sp³-hybridized carbons (Fsp3) is 0.462. The van der Waals surface area contributed by atoms with Crippen molar-refractivity contribution in [2.24, 2.45) is 11.8 Å². The Labute approximate surface area is 119 Å². The van der Waals surface area contributed by atoms with Crippen LogP contribution in [0.1, 0.15) is 23.8 Å². The van der Waals surface area contributed by atoms with Gasteiger partial charge in [0.2, 0.25) is 0 Å². The second kappa shape index (κ2) is 4.99. The number of aromatic nitrogens is 2. The highest BCUT2D eigenvalue weighted by molar-refractivity contribution is 7.18. The predicted octanol–water partition coefficient (Wildman–Crippen LogP) is 0.573. The number of thiophene rings is 1. The predicted molar refractivity (Wildman–Crippen MR) is 77.4 cm³/mol. The van der Waals surface area contributed by atoms with E-state index in [2.05, 4.69) is 11.9 Å². The van der Waals surface area contributed by atoms with E-state index in [0.717, 1.165) is 29.7 Å². The summed E-state index contributed by atoms with van der Waals surface area (Å²) in [5.41, 5.74) is 3.01. The average Bonchev–Trinajstić information content (AvgIpc) is 2.79. The second-order valence-electron chi connectivity index (χ2n) is 5.28. The Morgan fingerprint density at radius 1 is 1.65 bits per heavy atom. The average molecular weight is 292 g/mol. The van der Waals surface area contributed by atoms with Crippen molar-refractivity contribution in [2.75, 3.05) is 0 Å². The van der Waals surface area contributed by atoms with E-state index in [-0.39, 0.29) is 12.1 Å². The van der Waals surface area contributed by atoms with Crippen LogP contribution < -0.4 is 16.8 Å². The molecular formula is C13H16N4O2S. The third-order valence-corrected chi connectivity index (χ3v) is 4.92. The first-order valence-corrected chi connectivity index (χ1v) is 7.41. The van der Waals surface area contributed by atoms with Crippen LogP contribution in [0, 0.1) is 5.92 Å². The van der Waals surface area contributed by atoms with E-state index in [1.807, 2.05) is 5.43 Å². The van der Waals surface area contributed by atoms with Gasteiger partial charge in [0, 0.05) is 4.88 Å². The van der Waals surface area contributed by atoms with Gasteiger partial charge in [-0.1, -0.05) is 6.92 Å². The smallest absolute Gasteiger partial charge is 0.262 e. The number of carbonyl (C=O) groups excluding carboxylic acids is 1. The van der Waals surface area contributed by atoms with Gasteiger partial charge < -0.3 is 0 Å². The number of hydrazine groups is 1. The Morgan fingerprint density at radius 3 is 3.20 bits per heavy atom. The summed E-state index contributed by atoms with van der Waals surface area (Å²) in [4.78, 5) is 30.2. The molecule has 0 spiro atoms. The van der Waals surface area contributed by atoms with Crippen molar-refractivity contribution in [3.05, 3.63) is 27.1 Å². The standard InChI is InChI=1S/C13H16N4O2S/c1-7-2-3-8-9(4-7)20-12-11(8)13(19)17(6-15-12)5-10(18)16-14/h6-7H,2-5,14H2,1H3,(H,16,18). The number of hydrogen-bond acceptors (Lipinski definition) is 5. The molecule has 2 aromatic heterocycles. The lowest BCUT2D eigenvalue weighted by atomic mass is 9.89. The Bertz CT molecular complexity index is 734. The summed E-state index contributed by atoms with van der Waals surface area (Å²) < 4.78 is 1.32. The van der Waals surface area contributed by atoms with Crippen LogP contribution in [0.5, 0.6) is 0 Å². The molecule has 0 radical (unpaired) electrons. The van der Waals surface area contributed by atoms with Crippen LogP contribution in [0.25, 0.3) is 10.2 Å². The first kappa shape index (κ1) is 13.3. The quantitative estimate of drug-likeness (QED) is 0.481. The van der Waals surface area contributed by atoms with Crippen LogP contribution >= 0.6 is 11.3 Å². The SMILES string of the molecule is CC1CCc2c(sc3ncn(CC(=O)NN)c(=O)c23)C1. The van der Waals surface area contributed by atoms with Crippen molar-refractivity contribution in [2.45, 2.75) is 32.7 Å². The largest absolute Gasteiger partial charge is 0.293 e. The topological polar surface area (TPSA) is 90.0 Å². The third kappa shape index (κ3) is 2.12. The van der Waals surface area contributed by atoms with E-state index in [0.29, 0.717) is 11.3 Å². The Kier molecular flexibility index (Phi) is 3.31. The molecule has 0 aliphatic heterocycles. The van der Waals surface area contributed by atoms with Crippen molar-refractivity contribution in [3.8, 4) is 0 Å². The van der Waals surface area contributed by atoms with E-state index < -0.39 is 5.91 Å². The minimum atomic E-state index is -0.411. The van der Waals surface area contributed by atoms with Crippen molar-refractivity contribution >= 4 is 27.5 Å². The lowest BCUT2D eigenvalue weighted by Gasteiger charge is -2.17. The number of amides is 1. The molecular weight excluding hydrogens is 276 g/mol. The van der Waals surface area contributed by atoms with Crippen LogP contribution in [-0.2, 0) is 24.2 Å². The van der Waals surface area contributed by atoms with Crippen LogP contribution in [0.15, 0.2) is 11.1 Å². The molecule has 0 bridgehead atoms. The van der Waals surface area contributed by atoms with E-state index in [1.165, 1.54) is 15.8 Å². The molecule has 1 atom stereocenters. The zero-order valence-electron chi connectivity index (χ0n) is 11.2. The van der Waals surface area contributed by atoms with Gasteiger partial charge in [0.1, 0.15) is 11.4 Å². The highest BCUT2D eigenvalue weighted by Gasteiger charge is 2.23. The highest BCUT2D eigenvalue weighted by atomic mass is 32.1. The molecule has 0 saturated carbocycles. The fourth-order valence-corrected chi connectivity index (χ4v) is 4.02. The highest BCUT2D eigenvalue weighted by Crippen LogP contribution is 2.35. The Morgan fingerprint density at radius 2 is 2.45 bits per heavy atom. The third-order valence-electron chi connectivity index (χ3n) is 3.76. The maximum absolute atomic E-state index is 12.5. The molecule has 1 aliphatic rings. The van der Waals surface area contributed by atoms with Crippen LogP contribution in [-0.4, -0.2) is 15.5 Å². The maximum atomic E-state index is 12.5. The monoisotopic (exact) mass is 292 g/mol. The van der Waals surface area contributed by atoms with E-state index in [9.17, 15) is 9.59 Å². The molecule has 7 heteroatoms. The van der Waals surface area contributed by atoms with Gasteiger partial charge >= 0.3 is 0 Å². The molecule has 3 rings (SSSR count). The lowest BCUT2D eigenvalue weighted by Crippen LogP contribution is -2.36. The number of nitrogens with zero attached hydrogens (tertiary/aromatic N) is 2. The zero-order chi connectivity index (χ0) is 14.3. The van der Waals surface area contributed by atoms with Crippen LogP contribution in [0.4, 0.5) is 0 Å².